The maximum atomic E-state index is 13.3. The quantitative estimate of drug-likeness (QED) is 0.619. The average Bonchev–Trinajstić information content (AvgIpc) is 2.76. The van der Waals surface area contributed by atoms with Gasteiger partial charge >= 0.3 is 0 Å². The Morgan fingerprint density at radius 2 is 1.87 bits per heavy atom. The number of piperazine rings is 1. The normalized spacial score (nSPS) is 16.8. The molecule has 1 atom stereocenters. The van der Waals surface area contributed by atoms with Crippen molar-refractivity contribution in [2.24, 2.45) is 0 Å². The molecule has 0 aliphatic carbocycles. The van der Waals surface area contributed by atoms with Gasteiger partial charge in [0.1, 0.15) is 5.82 Å². The summed E-state index contributed by atoms with van der Waals surface area (Å²) in [5.74, 6) is -0.582. The first-order valence-corrected chi connectivity index (χ1v) is 10.6. The number of carbonyl (C=O) groups is 2. The van der Waals surface area contributed by atoms with E-state index in [9.17, 15) is 14.0 Å². The molecule has 3 aromatic carbocycles. The second-order valence-electron chi connectivity index (χ2n) is 7.89. The van der Waals surface area contributed by atoms with Gasteiger partial charge < -0.3 is 10.6 Å². The van der Waals surface area contributed by atoms with Crippen LogP contribution in [0.5, 0.6) is 0 Å². The molecule has 160 valence electrons. The van der Waals surface area contributed by atoms with Crippen molar-refractivity contribution in [3.05, 3.63) is 83.7 Å². The third-order valence-corrected chi connectivity index (χ3v) is 5.64. The summed E-state index contributed by atoms with van der Waals surface area (Å²) in [4.78, 5) is 27.1. The zero-order valence-corrected chi connectivity index (χ0v) is 17.3. The van der Waals surface area contributed by atoms with Crippen LogP contribution in [0.25, 0.3) is 10.8 Å². The van der Waals surface area contributed by atoms with Crippen LogP contribution in [0.3, 0.4) is 0 Å². The van der Waals surface area contributed by atoms with Crippen LogP contribution in [-0.4, -0.2) is 42.4 Å². The summed E-state index contributed by atoms with van der Waals surface area (Å²) in [6, 6.07) is 20.3. The van der Waals surface area contributed by atoms with Crippen molar-refractivity contribution in [2.45, 2.75) is 25.4 Å². The average molecular weight is 420 g/mol. The van der Waals surface area contributed by atoms with Crippen LogP contribution in [0.1, 0.15) is 17.5 Å². The van der Waals surface area contributed by atoms with Gasteiger partial charge in [0.05, 0.1) is 12.5 Å². The Hall–Kier alpha value is -3.25. The van der Waals surface area contributed by atoms with E-state index in [4.69, 9.17) is 0 Å². The number of benzene rings is 3. The van der Waals surface area contributed by atoms with E-state index in [0.29, 0.717) is 32.6 Å². The highest BCUT2D eigenvalue weighted by Crippen LogP contribution is 2.19. The Morgan fingerprint density at radius 1 is 1.03 bits per heavy atom. The first-order valence-electron chi connectivity index (χ1n) is 10.6. The van der Waals surface area contributed by atoms with Crippen LogP contribution < -0.4 is 10.6 Å². The third kappa shape index (κ3) is 5.47. The van der Waals surface area contributed by atoms with Gasteiger partial charge in [-0.2, -0.15) is 0 Å². The van der Waals surface area contributed by atoms with Gasteiger partial charge in [-0.05, 0) is 46.5 Å². The van der Waals surface area contributed by atoms with Gasteiger partial charge in [0.25, 0.3) is 0 Å². The summed E-state index contributed by atoms with van der Waals surface area (Å²) < 4.78 is 13.3. The van der Waals surface area contributed by atoms with Crippen molar-refractivity contribution in [1.82, 2.24) is 15.5 Å². The van der Waals surface area contributed by atoms with Crippen molar-refractivity contribution < 1.29 is 14.0 Å². The number of hydrogen-bond donors (Lipinski definition) is 2. The second kappa shape index (κ2) is 9.71. The molecule has 2 N–H and O–H groups in total. The van der Waals surface area contributed by atoms with E-state index >= 15 is 0 Å². The molecule has 1 aliphatic heterocycles. The Bertz CT molecular complexity index is 1090. The number of carbonyl (C=O) groups excluding carboxylic acids is 2. The zero-order valence-electron chi connectivity index (χ0n) is 17.3. The molecular weight excluding hydrogens is 393 g/mol. The second-order valence-corrected chi connectivity index (χ2v) is 7.89. The van der Waals surface area contributed by atoms with E-state index in [2.05, 4.69) is 45.9 Å². The molecule has 1 heterocycles. The van der Waals surface area contributed by atoms with Gasteiger partial charge in [0.2, 0.25) is 11.8 Å². The van der Waals surface area contributed by atoms with Gasteiger partial charge in [0.15, 0.2) is 0 Å². The van der Waals surface area contributed by atoms with Crippen molar-refractivity contribution >= 4 is 22.6 Å². The van der Waals surface area contributed by atoms with E-state index in [-0.39, 0.29) is 24.1 Å². The molecule has 0 radical (unpaired) electrons. The fourth-order valence-corrected chi connectivity index (χ4v) is 4.03. The molecule has 6 heteroatoms. The van der Waals surface area contributed by atoms with Crippen LogP contribution >= 0.6 is 0 Å². The van der Waals surface area contributed by atoms with Gasteiger partial charge in [0, 0.05) is 26.2 Å². The summed E-state index contributed by atoms with van der Waals surface area (Å²) in [5, 5.41) is 8.07. The molecule has 0 aromatic heterocycles. The van der Waals surface area contributed by atoms with E-state index in [1.807, 2.05) is 18.2 Å². The Kier molecular flexibility index (Phi) is 6.57. The van der Waals surface area contributed by atoms with Crippen LogP contribution in [-0.2, 0) is 22.6 Å². The molecule has 0 spiro atoms. The highest BCUT2D eigenvalue weighted by atomic mass is 19.1. The lowest BCUT2D eigenvalue weighted by Gasteiger charge is -2.34. The monoisotopic (exact) mass is 419 g/mol. The molecule has 0 saturated carbocycles. The molecule has 0 unspecified atom stereocenters. The summed E-state index contributed by atoms with van der Waals surface area (Å²) >= 11 is 0. The summed E-state index contributed by atoms with van der Waals surface area (Å²) in [7, 11) is 0. The smallest absolute Gasteiger partial charge is 0.237 e. The first-order chi connectivity index (χ1) is 15.1. The van der Waals surface area contributed by atoms with Crippen molar-refractivity contribution in [3.63, 3.8) is 0 Å². The molecule has 1 saturated heterocycles. The van der Waals surface area contributed by atoms with Crippen LogP contribution in [0.4, 0.5) is 4.39 Å². The lowest BCUT2D eigenvalue weighted by Crippen LogP contribution is -2.56. The van der Waals surface area contributed by atoms with Crippen LogP contribution in [0, 0.1) is 5.82 Å². The highest BCUT2D eigenvalue weighted by molar-refractivity contribution is 5.89. The van der Waals surface area contributed by atoms with Crippen molar-refractivity contribution in [2.75, 3.05) is 19.6 Å². The Morgan fingerprint density at radius 3 is 2.71 bits per heavy atom. The van der Waals surface area contributed by atoms with Gasteiger partial charge in [-0.1, -0.05) is 48.5 Å². The van der Waals surface area contributed by atoms with Crippen LogP contribution in [0.2, 0.25) is 0 Å². The lowest BCUT2D eigenvalue weighted by molar-refractivity contribution is -0.134. The number of nitrogens with one attached hydrogen (secondary N) is 2. The van der Waals surface area contributed by atoms with Gasteiger partial charge in [-0.3, -0.25) is 14.5 Å². The van der Waals surface area contributed by atoms with E-state index in [1.54, 1.807) is 6.07 Å². The minimum Gasteiger partial charge on any atom is -0.356 e. The Labute approximate surface area is 181 Å². The van der Waals surface area contributed by atoms with Gasteiger partial charge in [-0.15, -0.1) is 0 Å². The SMILES string of the molecule is O=C(C[C@@H]1C(=O)NCCN1Cc1ccc2ccccc2c1)NCCc1cccc(F)c1. The number of amides is 2. The topological polar surface area (TPSA) is 61.4 Å². The lowest BCUT2D eigenvalue weighted by atomic mass is 10.0. The minimum absolute atomic E-state index is 0.0998. The minimum atomic E-state index is -0.505. The number of halogens is 1. The summed E-state index contributed by atoms with van der Waals surface area (Å²) in [6.07, 6.45) is 0.643. The molecule has 0 bridgehead atoms. The zero-order chi connectivity index (χ0) is 21.6. The predicted octanol–water partition coefficient (Wildman–Crippen LogP) is 3.03. The molecular formula is C25H26FN3O2. The number of hydrogen-bond acceptors (Lipinski definition) is 3. The highest BCUT2D eigenvalue weighted by Gasteiger charge is 2.31. The van der Waals surface area contributed by atoms with Gasteiger partial charge in [-0.25, -0.2) is 4.39 Å². The molecule has 1 aliphatic rings. The fourth-order valence-electron chi connectivity index (χ4n) is 4.03. The van der Waals surface area contributed by atoms with Crippen LogP contribution in [0.15, 0.2) is 66.7 Å². The van der Waals surface area contributed by atoms with Crippen molar-refractivity contribution in [3.8, 4) is 0 Å². The third-order valence-electron chi connectivity index (χ3n) is 5.64. The van der Waals surface area contributed by atoms with Crippen molar-refractivity contribution in [1.29, 1.82) is 0 Å². The largest absolute Gasteiger partial charge is 0.356 e. The van der Waals surface area contributed by atoms with E-state index in [0.717, 1.165) is 16.5 Å². The fraction of sp³-hybridized carbons (Fsp3) is 0.280. The van der Waals surface area contributed by atoms with E-state index in [1.165, 1.54) is 17.5 Å². The molecule has 31 heavy (non-hydrogen) atoms. The van der Waals surface area contributed by atoms with E-state index < -0.39 is 6.04 Å². The summed E-state index contributed by atoms with van der Waals surface area (Å²) in [5.41, 5.74) is 1.94. The number of rotatable bonds is 7. The summed E-state index contributed by atoms with van der Waals surface area (Å²) in [6.45, 7) is 2.28. The Balaban J connectivity index is 1.36. The molecule has 2 amide bonds. The first kappa shape index (κ1) is 21.0. The maximum Gasteiger partial charge on any atom is 0.237 e. The predicted molar refractivity (Wildman–Crippen MR) is 119 cm³/mol. The molecule has 3 aromatic rings. The number of nitrogens with zero attached hydrogens (tertiary/aromatic N) is 1. The molecule has 5 nitrogen and oxygen atoms in total. The molecule has 1 fully saturated rings. The number of fused-ring (bicyclic) bond motifs is 1. The standard InChI is InChI=1S/C25H26FN3O2/c26-22-7-3-4-18(15-22)10-11-27-24(30)16-23-25(31)28-12-13-29(23)17-19-8-9-20-5-1-2-6-21(20)14-19/h1-9,14-15,23H,10-13,16-17H2,(H,27,30)(H,28,31)/t23-/m1/s1. The molecule has 4 rings (SSSR count). The maximum absolute atomic E-state index is 13.3.